The summed E-state index contributed by atoms with van der Waals surface area (Å²) in [5, 5.41) is 6.93. The van der Waals surface area contributed by atoms with Crippen LogP contribution in [0.2, 0.25) is 30.8 Å². The van der Waals surface area contributed by atoms with Crippen molar-refractivity contribution in [2.45, 2.75) is 113 Å². The second kappa shape index (κ2) is 18.4. The number of rotatable bonds is 8. The molecule has 61 heavy (non-hydrogen) atoms. The zero-order valence-corrected chi connectivity index (χ0v) is 38.7. The van der Waals surface area contributed by atoms with Crippen LogP contribution in [0.5, 0.6) is 0 Å². The van der Waals surface area contributed by atoms with Crippen LogP contribution in [0.3, 0.4) is 0 Å². The molecule has 1 saturated heterocycles. The minimum atomic E-state index is -0.166. The Bertz CT molecular complexity index is 2210. The van der Waals surface area contributed by atoms with E-state index < -0.39 is 0 Å². The van der Waals surface area contributed by atoms with Crippen LogP contribution in [0.1, 0.15) is 96.6 Å². The lowest BCUT2D eigenvalue weighted by Gasteiger charge is -2.25. The predicted octanol–water partition coefficient (Wildman–Crippen LogP) is 8.16. The number of thiazole rings is 2. The smallest absolute Gasteiger partial charge is 0.426 e. The highest BCUT2D eigenvalue weighted by Gasteiger charge is 2.41. The Labute approximate surface area is 374 Å². The quantitative estimate of drug-likeness (QED) is 0.129. The van der Waals surface area contributed by atoms with Crippen LogP contribution in [0.4, 0.5) is 10.3 Å². The summed E-state index contributed by atoms with van der Waals surface area (Å²) in [6, 6.07) is 4.31. The predicted molar refractivity (Wildman–Crippen MR) is 241 cm³/mol. The summed E-state index contributed by atoms with van der Waals surface area (Å²) in [5.74, 6) is 0.819. The SMILES string of the molecule is CB1OB(C)OB(C)O1.CC(=O)Nc1nc(C)c(-c2cc3c(c(Cl)n2)C(=O)N([C@@H](C)C2CC2)C3)s1.CC(=O)Nc1nc(C)c(-c2cc3c(c(Cl)n2)C(=O)N([C@@H](C)C2CC2)C3)s1. The number of hydrogen-bond donors (Lipinski definition) is 2. The number of hydrogen-bond acceptors (Lipinski definition) is 13. The standard InChI is InChI=1S/2C18H19ClN4O2S.C3H9B3O3/c2*1-8-15(26-18(20-8)21-10(3)24)13-6-12-7-23(9(2)11-4-5-11)17(25)14(12)16(19)22-13;1-4-7-5(2)9-6(3)8-4/h2*6,9,11H,4-5,7H2,1-3H3,(H,20,21,24);1-3H3/t2*9-;/m00./s1. The number of fused-ring (bicyclic) bond motifs is 2. The number of nitrogens with zero attached hydrogens (tertiary/aromatic N) is 6. The van der Waals surface area contributed by atoms with Crippen LogP contribution in [-0.4, -0.2) is 86.8 Å². The average molecular weight is 907 g/mol. The monoisotopic (exact) mass is 906 g/mol. The van der Waals surface area contributed by atoms with E-state index in [-0.39, 0.29) is 67.4 Å². The maximum absolute atomic E-state index is 12.8. The van der Waals surface area contributed by atoms with Crippen molar-refractivity contribution in [3.05, 3.63) is 56.1 Å². The molecule has 15 nitrogen and oxygen atoms in total. The van der Waals surface area contributed by atoms with Crippen molar-refractivity contribution in [2.75, 3.05) is 10.6 Å². The number of nitrogens with one attached hydrogen (secondary N) is 2. The van der Waals surface area contributed by atoms with Gasteiger partial charge in [0.1, 0.15) is 10.3 Å². The van der Waals surface area contributed by atoms with Crippen molar-refractivity contribution in [1.29, 1.82) is 0 Å². The Morgan fingerprint density at radius 1 is 0.689 bits per heavy atom. The molecule has 2 atom stereocenters. The van der Waals surface area contributed by atoms with Crippen LogP contribution in [-0.2, 0) is 36.4 Å². The molecule has 2 saturated carbocycles. The van der Waals surface area contributed by atoms with Crippen molar-refractivity contribution in [3.8, 4) is 21.1 Å². The fourth-order valence-corrected chi connectivity index (χ4v) is 10.3. The highest BCUT2D eigenvalue weighted by molar-refractivity contribution is 7.19. The molecule has 0 bridgehead atoms. The number of anilines is 2. The van der Waals surface area contributed by atoms with Gasteiger partial charge in [-0.3, -0.25) is 19.2 Å². The molecule has 0 aromatic carbocycles. The first-order chi connectivity index (χ1) is 28.9. The molecule has 5 aliphatic rings. The van der Waals surface area contributed by atoms with E-state index in [2.05, 4.69) is 44.4 Å². The van der Waals surface area contributed by atoms with E-state index in [1.54, 1.807) is 0 Å². The maximum Gasteiger partial charge on any atom is 0.426 e. The van der Waals surface area contributed by atoms with Gasteiger partial charge in [0.25, 0.3) is 11.8 Å². The van der Waals surface area contributed by atoms with E-state index in [1.165, 1.54) is 62.2 Å². The van der Waals surface area contributed by atoms with Crippen molar-refractivity contribution in [3.63, 3.8) is 0 Å². The summed E-state index contributed by atoms with van der Waals surface area (Å²) in [4.78, 5) is 71.2. The molecular weight excluding hydrogens is 860 g/mol. The number of pyridine rings is 2. The number of carbonyl (C=O) groups is 4. The normalized spacial score (nSPS) is 17.9. The third kappa shape index (κ3) is 10.3. The molecule has 7 heterocycles. The van der Waals surface area contributed by atoms with Gasteiger partial charge in [0.05, 0.1) is 43.7 Å². The summed E-state index contributed by atoms with van der Waals surface area (Å²) < 4.78 is 15.3. The summed E-state index contributed by atoms with van der Waals surface area (Å²) in [5.41, 5.74) is 5.78. The molecule has 4 aromatic heterocycles. The molecule has 22 heteroatoms. The Balaban J connectivity index is 0.000000153. The van der Waals surface area contributed by atoms with Crippen molar-refractivity contribution >= 4 is 101 Å². The first-order valence-corrected chi connectivity index (χ1v) is 22.7. The molecule has 4 amide bonds. The zero-order valence-electron chi connectivity index (χ0n) is 35.6. The Kier molecular flexibility index (Phi) is 13.6. The lowest BCUT2D eigenvalue weighted by molar-refractivity contribution is -0.115. The van der Waals surface area contributed by atoms with Gasteiger partial charge in [0, 0.05) is 39.0 Å². The molecule has 320 valence electrons. The second-order valence-corrected chi connectivity index (χ2v) is 18.7. The van der Waals surface area contributed by atoms with E-state index >= 15 is 0 Å². The highest BCUT2D eigenvalue weighted by atomic mass is 35.5. The summed E-state index contributed by atoms with van der Waals surface area (Å²) in [6.07, 6.45) is 4.74. The lowest BCUT2D eigenvalue weighted by atomic mass is 9.74. The molecule has 0 unspecified atom stereocenters. The van der Waals surface area contributed by atoms with E-state index in [4.69, 9.17) is 36.9 Å². The van der Waals surface area contributed by atoms with Crippen LogP contribution in [0.15, 0.2) is 12.1 Å². The van der Waals surface area contributed by atoms with Gasteiger partial charge in [-0.25, -0.2) is 19.9 Å². The van der Waals surface area contributed by atoms with Crippen molar-refractivity contribution in [1.82, 2.24) is 29.7 Å². The van der Waals surface area contributed by atoms with E-state index in [1.807, 2.05) is 56.2 Å². The molecule has 9 rings (SSSR count). The fraction of sp³-hybridized carbons (Fsp3) is 0.487. The van der Waals surface area contributed by atoms with E-state index in [9.17, 15) is 19.2 Å². The van der Waals surface area contributed by atoms with E-state index in [0.29, 0.717) is 57.7 Å². The number of aryl methyl sites for hydroxylation is 2. The molecule has 3 aliphatic heterocycles. The number of aromatic nitrogens is 4. The van der Waals surface area contributed by atoms with Crippen molar-refractivity contribution in [2.24, 2.45) is 11.8 Å². The fourth-order valence-electron chi connectivity index (χ4n) is 7.76. The van der Waals surface area contributed by atoms with Gasteiger partial charge < -0.3 is 34.1 Å². The van der Waals surface area contributed by atoms with Gasteiger partial charge in [-0.05, 0) is 109 Å². The summed E-state index contributed by atoms with van der Waals surface area (Å²) >= 11 is 15.5. The van der Waals surface area contributed by atoms with Gasteiger partial charge >= 0.3 is 21.4 Å². The molecule has 0 radical (unpaired) electrons. The first kappa shape index (κ1) is 45.1. The van der Waals surface area contributed by atoms with E-state index in [0.717, 1.165) is 32.3 Å². The van der Waals surface area contributed by atoms with Crippen LogP contribution >= 0.6 is 45.9 Å². The van der Waals surface area contributed by atoms with Crippen molar-refractivity contribution < 1.29 is 32.9 Å². The Morgan fingerprint density at radius 3 is 1.34 bits per heavy atom. The van der Waals surface area contributed by atoms with Gasteiger partial charge in [0.2, 0.25) is 11.8 Å². The molecule has 4 aromatic rings. The Morgan fingerprint density at radius 2 is 1.03 bits per heavy atom. The maximum atomic E-state index is 12.8. The van der Waals surface area contributed by atoms with Gasteiger partial charge in [-0.15, -0.1) is 0 Å². The number of carbonyl (C=O) groups excluding carboxylic acids is 4. The third-order valence-corrected chi connectivity index (χ3v) is 13.8. The number of halogens is 2. The Hall–Kier alpha value is -3.91. The molecule has 3 fully saturated rings. The largest absolute Gasteiger partial charge is 0.453 e. The van der Waals surface area contributed by atoms with Crippen LogP contribution < -0.4 is 10.6 Å². The molecular formula is C39H47B3Cl2N8O7S2. The topological polar surface area (TPSA) is 178 Å². The minimum absolute atomic E-state index is 0.0246. The zero-order chi connectivity index (χ0) is 44.0. The first-order valence-electron chi connectivity index (χ1n) is 20.4. The lowest BCUT2D eigenvalue weighted by Crippen LogP contribution is -2.44. The third-order valence-electron chi connectivity index (χ3n) is 11.1. The highest BCUT2D eigenvalue weighted by Crippen LogP contribution is 2.43. The molecule has 2 N–H and O–H groups in total. The molecule has 0 spiro atoms. The van der Waals surface area contributed by atoms with Crippen LogP contribution in [0.25, 0.3) is 21.1 Å². The van der Waals surface area contributed by atoms with Crippen LogP contribution in [0, 0.1) is 25.7 Å². The second-order valence-electron chi connectivity index (χ2n) is 16.0. The average Bonchev–Trinajstić information content (AvgIpc) is 4.07. The van der Waals surface area contributed by atoms with Gasteiger partial charge in [0.15, 0.2) is 10.3 Å². The summed E-state index contributed by atoms with van der Waals surface area (Å²) in [7, 11) is -0.406. The van der Waals surface area contributed by atoms with Gasteiger partial charge in [-0.2, -0.15) is 0 Å². The summed E-state index contributed by atoms with van der Waals surface area (Å²) in [6.45, 7) is 17.5. The van der Waals surface area contributed by atoms with Gasteiger partial charge in [-0.1, -0.05) is 45.9 Å². The molecule has 2 aliphatic carbocycles. The minimum Gasteiger partial charge on any atom is -0.453 e. The number of amides is 4.